The number of morpholine rings is 1. The first-order chi connectivity index (χ1) is 7.27. The van der Waals surface area contributed by atoms with Crippen LogP contribution in [0.15, 0.2) is 0 Å². The number of hydrogen-bond donors (Lipinski definition) is 1. The van der Waals surface area contributed by atoms with Crippen LogP contribution >= 0.6 is 0 Å². The van der Waals surface area contributed by atoms with Crippen LogP contribution in [0.4, 0.5) is 0 Å². The molecule has 2 aliphatic heterocycles. The Morgan fingerprint density at radius 3 is 2.60 bits per heavy atom. The molecule has 3 atom stereocenters. The minimum Gasteiger partial charge on any atom is -0.378 e. The van der Waals surface area contributed by atoms with E-state index in [2.05, 4.69) is 24.1 Å². The molecule has 3 unspecified atom stereocenters. The van der Waals surface area contributed by atoms with Crippen LogP contribution < -0.4 is 5.32 Å². The van der Waals surface area contributed by atoms with E-state index >= 15 is 0 Å². The fourth-order valence-electron chi connectivity index (χ4n) is 2.83. The van der Waals surface area contributed by atoms with Crippen molar-refractivity contribution in [1.29, 1.82) is 0 Å². The van der Waals surface area contributed by atoms with E-state index in [-0.39, 0.29) is 0 Å². The second-order valence-electron chi connectivity index (χ2n) is 5.05. The van der Waals surface area contributed by atoms with Crippen molar-refractivity contribution in [2.75, 3.05) is 26.3 Å². The Balaban J connectivity index is 1.84. The van der Waals surface area contributed by atoms with E-state index in [0.29, 0.717) is 6.04 Å². The Kier molecular flexibility index (Phi) is 4.00. The number of nitrogens with zero attached hydrogens (tertiary/aromatic N) is 1. The number of rotatable bonds is 2. The lowest BCUT2D eigenvalue weighted by Gasteiger charge is -2.41. The van der Waals surface area contributed by atoms with Crippen LogP contribution in [-0.4, -0.2) is 49.3 Å². The quantitative estimate of drug-likeness (QED) is 0.745. The topological polar surface area (TPSA) is 24.5 Å². The van der Waals surface area contributed by atoms with Gasteiger partial charge in [-0.25, -0.2) is 0 Å². The van der Waals surface area contributed by atoms with E-state index in [9.17, 15) is 0 Å². The molecule has 0 aromatic rings. The fraction of sp³-hybridized carbons (Fsp3) is 1.00. The van der Waals surface area contributed by atoms with Gasteiger partial charge in [0.1, 0.15) is 0 Å². The molecule has 3 nitrogen and oxygen atoms in total. The standard InChI is InChI=1S/C12H24N2O/c1-10-4-3-5-11(2)14(10)8-12-9-15-7-6-13-12/h10-13H,3-9H2,1-2H3. The number of nitrogens with one attached hydrogen (secondary N) is 1. The minimum atomic E-state index is 0.543. The summed E-state index contributed by atoms with van der Waals surface area (Å²) in [7, 11) is 0. The van der Waals surface area contributed by atoms with Gasteiger partial charge in [0.25, 0.3) is 0 Å². The molecule has 0 saturated carbocycles. The Hall–Kier alpha value is -0.120. The van der Waals surface area contributed by atoms with Gasteiger partial charge in [0.15, 0.2) is 0 Å². The van der Waals surface area contributed by atoms with Crippen molar-refractivity contribution in [3.05, 3.63) is 0 Å². The second-order valence-corrected chi connectivity index (χ2v) is 5.05. The summed E-state index contributed by atoms with van der Waals surface area (Å²) in [5.41, 5.74) is 0. The normalized spacial score (nSPS) is 39.2. The summed E-state index contributed by atoms with van der Waals surface area (Å²) in [5, 5.41) is 3.54. The molecule has 0 spiro atoms. The third-order valence-corrected chi connectivity index (χ3v) is 3.81. The van der Waals surface area contributed by atoms with Gasteiger partial charge in [0.2, 0.25) is 0 Å². The zero-order valence-electron chi connectivity index (χ0n) is 10.0. The first-order valence-electron chi connectivity index (χ1n) is 6.34. The fourth-order valence-corrected chi connectivity index (χ4v) is 2.83. The highest BCUT2D eigenvalue weighted by atomic mass is 16.5. The molecule has 15 heavy (non-hydrogen) atoms. The maximum absolute atomic E-state index is 5.50. The summed E-state index contributed by atoms with van der Waals surface area (Å²) in [5.74, 6) is 0. The second kappa shape index (κ2) is 5.28. The van der Waals surface area contributed by atoms with Crippen LogP contribution in [0, 0.1) is 0 Å². The predicted octanol–water partition coefficient (Wildman–Crippen LogP) is 1.24. The van der Waals surface area contributed by atoms with E-state index in [1.807, 2.05) is 0 Å². The molecule has 2 fully saturated rings. The Bertz CT molecular complexity index is 182. The summed E-state index contributed by atoms with van der Waals surface area (Å²) >= 11 is 0. The van der Waals surface area contributed by atoms with E-state index < -0.39 is 0 Å². The van der Waals surface area contributed by atoms with Crippen LogP contribution in [0.5, 0.6) is 0 Å². The zero-order chi connectivity index (χ0) is 10.7. The minimum absolute atomic E-state index is 0.543. The highest BCUT2D eigenvalue weighted by molar-refractivity contribution is 4.84. The lowest BCUT2D eigenvalue weighted by atomic mass is 9.97. The molecule has 3 heteroatoms. The molecule has 1 N–H and O–H groups in total. The predicted molar refractivity (Wildman–Crippen MR) is 62.1 cm³/mol. The monoisotopic (exact) mass is 212 g/mol. The van der Waals surface area contributed by atoms with Crippen LogP contribution in [0.1, 0.15) is 33.1 Å². The van der Waals surface area contributed by atoms with E-state index in [4.69, 9.17) is 4.74 Å². The van der Waals surface area contributed by atoms with E-state index in [1.54, 1.807) is 0 Å². The average Bonchev–Trinajstić information content (AvgIpc) is 2.25. The highest BCUT2D eigenvalue weighted by Crippen LogP contribution is 2.22. The van der Waals surface area contributed by atoms with Gasteiger partial charge in [-0.05, 0) is 26.7 Å². The van der Waals surface area contributed by atoms with Crippen LogP contribution in [0.2, 0.25) is 0 Å². The molecule has 2 rings (SSSR count). The summed E-state index contributed by atoms with van der Waals surface area (Å²) < 4.78 is 5.50. The maximum Gasteiger partial charge on any atom is 0.0632 e. The Labute approximate surface area is 93.2 Å². The summed E-state index contributed by atoms with van der Waals surface area (Å²) in [6.45, 7) is 8.65. The van der Waals surface area contributed by atoms with Crippen molar-refractivity contribution in [1.82, 2.24) is 10.2 Å². The van der Waals surface area contributed by atoms with Gasteiger partial charge in [0.05, 0.1) is 13.2 Å². The average molecular weight is 212 g/mol. The lowest BCUT2D eigenvalue weighted by molar-refractivity contribution is 0.0334. The van der Waals surface area contributed by atoms with Crippen molar-refractivity contribution in [2.24, 2.45) is 0 Å². The van der Waals surface area contributed by atoms with Crippen molar-refractivity contribution in [2.45, 2.75) is 51.2 Å². The summed E-state index contributed by atoms with van der Waals surface area (Å²) in [4.78, 5) is 2.65. The van der Waals surface area contributed by atoms with Gasteiger partial charge in [-0.3, -0.25) is 4.90 Å². The van der Waals surface area contributed by atoms with Crippen LogP contribution in [0.25, 0.3) is 0 Å². The van der Waals surface area contributed by atoms with Gasteiger partial charge in [-0.1, -0.05) is 6.42 Å². The van der Waals surface area contributed by atoms with Crippen molar-refractivity contribution in [3.63, 3.8) is 0 Å². The highest BCUT2D eigenvalue weighted by Gasteiger charge is 2.27. The SMILES string of the molecule is CC1CCCC(C)N1CC1COCCN1. The first-order valence-corrected chi connectivity index (χ1v) is 6.34. The first kappa shape index (κ1) is 11.4. The molecular formula is C12H24N2O. The zero-order valence-corrected chi connectivity index (χ0v) is 10.0. The van der Waals surface area contributed by atoms with Gasteiger partial charge in [0, 0.05) is 31.2 Å². The maximum atomic E-state index is 5.50. The Morgan fingerprint density at radius 1 is 1.27 bits per heavy atom. The molecular weight excluding hydrogens is 188 g/mol. The van der Waals surface area contributed by atoms with Crippen molar-refractivity contribution < 1.29 is 4.74 Å². The molecule has 2 heterocycles. The molecule has 0 radical (unpaired) electrons. The van der Waals surface area contributed by atoms with Crippen LogP contribution in [-0.2, 0) is 4.74 Å². The largest absolute Gasteiger partial charge is 0.378 e. The van der Waals surface area contributed by atoms with E-state index in [1.165, 1.54) is 19.3 Å². The molecule has 2 aliphatic rings. The van der Waals surface area contributed by atoms with Gasteiger partial charge < -0.3 is 10.1 Å². The smallest absolute Gasteiger partial charge is 0.0632 e. The lowest BCUT2D eigenvalue weighted by Crippen LogP contribution is -2.53. The van der Waals surface area contributed by atoms with Gasteiger partial charge in [-0.15, -0.1) is 0 Å². The molecule has 0 aromatic carbocycles. The van der Waals surface area contributed by atoms with Crippen molar-refractivity contribution in [3.8, 4) is 0 Å². The third kappa shape index (κ3) is 2.92. The summed E-state index contributed by atoms with van der Waals surface area (Å²) in [6, 6.07) is 2.04. The third-order valence-electron chi connectivity index (χ3n) is 3.81. The van der Waals surface area contributed by atoms with Gasteiger partial charge in [-0.2, -0.15) is 0 Å². The summed E-state index contributed by atoms with van der Waals surface area (Å²) in [6.07, 6.45) is 4.11. The number of likely N-dealkylation sites (tertiary alicyclic amines) is 1. The molecule has 0 aromatic heterocycles. The molecule has 88 valence electrons. The number of hydrogen-bond acceptors (Lipinski definition) is 3. The molecule has 0 aliphatic carbocycles. The number of piperidine rings is 1. The van der Waals surface area contributed by atoms with Crippen molar-refractivity contribution >= 4 is 0 Å². The molecule has 0 bridgehead atoms. The Morgan fingerprint density at radius 2 is 2.00 bits per heavy atom. The van der Waals surface area contributed by atoms with Gasteiger partial charge >= 0.3 is 0 Å². The van der Waals surface area contributed by atoms with Crippen LogP contribution in [0.3, 0.4) is 0 Å². The number of ether oxygens (including phenoxy) is 1. The molecule has 2 saturated heterocycles. The molecule has 0 amide bonds. The van der Waals surface area contributed by atoms with E-state index in [0.717, 1.165) is 38.4 Å².